The van der Waals surface area contributed by atoms with E-state index >= 15 is 0 Å². The number of hydrogen-bond donors (Lipinski definition) is 0. The van der Waals surface area contributed by atoms with Crippen LogP contribution in [0.4, 0.5) is 0 Å². The van der Waals surface area contributed by atoms with Gasteiger partial charge in [0.15, 0.2) is 40.3 Å². The Morgan fingerprint density at radius 1 is 0.480 bits per heavy atom. The van der Waals surface area contributed by atoms with Crippen molar-refractivity contribution in [1.29, 1.82) is 0 Å². The van der Waals surface area contributed by atoms with Gasteiger partial charge in [-0.15, -0.1) is 0 Å². The highest BCUT2D eigenvalue weighted by molar-refractivity contribution is 7.93. The predicted molar refractivity (Wildman–Crippen MR) is 195 cm³/mol. The zero-order valence-corrected chi connectivity index (χ0v) is 30.0. The Hall–Kier alpha value is -5.53. The number of rotatable bonds is 14. The number of benzene rings is 5. The molecule has 1 unspecified atom stereocenters. The van der Waals surface area contributed by atoms with Gasteiger partial charge in [-0.1, -0.05) is 66.7 Å². The number of carbonyl (C=O) groups excluding carboxylic acids is 2. The van der Waals surface area contributed by atoms with E-state index in [0.717, 1.165) is 0 Å². The summed E-state index contributed by atoms with van der Waals surface area (Å²) in [6, 6.07) is 32.0. The molecule has 258 valence electrons. The first kappa shape index (κ1) is 35.8. The zero-order valence-electron chi connectivity index (χ0n) is 29.1. The summed E-state index contributed by atoms with van der Waals surface area (Å²) < 4.78 is 43.0. The fraction of sp³-hybridized carbons (Fsp3) is 0.200. The summed E-state index contributed by atoms with van der Waals surface area (Å²) in [6.07, 6.45) is 0. The molecule has 0 spiro atoms. The average molecular weight is 696 g/mol. The summed E-state index contributed by atoms with van der Waals surface area (Å²) in [4.78, 5) is 28.3. The Kier molecular flexibility index (Phi) is 11.3. The number of ether oxygens (including phenoxy) is 6. The maximum Gasteiger partial charge on any atom is 0.358 e. The SMILES string of the molecule is COc1cccc(OC)c1[P+](OC(=O)C(C)c1cccc(C(=O)c2ccccc2)c1)(c1c(OC)cccc1OC)c1c(OC)cccc1OC. The van der Waals surface area contributed by atoms with Gasteiger partial charge in [0.2, 0.25) is 15.9 Å². The van der Waals surface area contributed by atoms with Gasteiger partial charge in [0.1, 0.15) is 0 Å². The van der Waals surface area contributed by atoms with Gasteiger partial charge in [0.25, 0.3) is 0 Å². The zero-order chi connectivity index (χ0) is 35.8. The molecule has 0 aliphatic heterocycles. The van der Waals surface area contributed by atoms with Gasteiger partial charge < -0.3 is 28.4 Å². The number of carbonyl (C=O) groups is 2. The van der Waals surface area contributed by atoms with E-state index in [9.17, 15) is 9.59 Å². The van der Waals surface area contributed by atoms with E-state index in [0.29, 0.717) is 67.1 Å². The van der Waals surface area contributed by atoms with Gasteiger partial charge in [-0.2, -0.15) is 0 Å². The number of methoxy groups -OCH3 is 6. The van der Waals surface area contributed by atoms with Gasteiger partial charge in [-0.25, -0.2) is 4.79 Å². The summed E-state index contributed by atoms with van der Waals surface area (Å²) in [5.41, 5.74) is 1.57. The monoisotopic (exact) mass is 695 g/mol. The van der Waals surface area contributed by atoms with Crippen LogP contribution in [0.3, 0.4) is 0 Å². The lowest BCUT2D eigenvalue weighted by Gasteiger charge is -2.31. The minimum absolute atomic E-state index is 0.161. The maximum absolute atomic E-state index is 14.9. The highest BCUT2D eigenvalue weighted by atomic mass is 31.2. The quantitative estimate of drug-likeness (QED) is 0.0950. The van der Waals surface area contributed by atoms with Gasteiger partial charge in [-0.05, 0) is 55.0 Å². The molecule has 5 aromatic rings. The molecule has 1 atom stereocenters. The largest absolute Gasteiger partial charge is 0.492 e. The first-order valence-corrected chi connectivity index (χ1v) is 17.5. The van der Waals surface area contributed by atoms with Gasteiger partial charge in [-0.3, -0.25) is 9.32 Å². The third-order valence-corrected chi connectivity index (χ3v) is 12.1. The fourth-order valence-electron chi connectivity index (χ4n) is 5.95. The van der Waals surface area contributed by atoms with Crippen LogP contribution >= 0.6 is 7.49 Å². The lowest BCUT2D eigenvalue weighted by Crippen LogP contribution is -2.39. The second-order valence-electron chi connectivity index (χ2n) is 11.1. The van der Waals surface area contributed by atoms with Crippen molar-refractivity contribution >= 4 is 35.2 Å². The molecule has 0 saturated heterocycles. The topological polar surface area (TPSA) is 98.8 Å². The molecule has 0 amide bonds. The minimum Gasteiger partial charge on any atom is -0.492 e. The third kappa shape index (κ3) is 6.57. The molecule has 9 nitrogen and oxygen atoms in total. The molecule has 0 bridgehead atoms. The van der Waals surface area contributed by atoms with E-state index in [4.69, 9.17) is 32.9 Å². The first-order valence-electron chi connectivity index (χ1n) is 15.8. The number of hydrogen-bond acceptors (Lipinski definition) is 9. The highest BCUT2D eigenvalue weighted by Crippen LogP contribution is 2.66. The normalized spacial score (nSPS) is 11.6. The molecule has 0 radical (unpaired) electrons. The number of ketones is 1. The summed E-state index contributed by atoms with van der Waals surface area (Å²) >= 11 is 0. The van der Waals surface area contributed by atoms with Crippen LogP contribution in [0.5, 0.6) is 34.5 Å². The molecule has 0 aliphatic carbocycles. The van der Waals surface area contributed by atoms with Crippen molar-refractivity contribution in [3.63, 3.8) is 0 Å². The van der Waals surface area contributed by atoms with E-state index in [1.165, 1.54) is 42.7 Å². The third-order valence-electron chi connectivity index (χ3n) is 8.42. The molecule has 10 heteroatoms. The van der Waals surface area contributed by atoms with Crippen molar-refractivity contribution in [2.75, 3.05) is 42.7 Å². The van der Waals surface area contributed by atoms with Crippen LogP contribution in [-0.4, -0.2) is 54.4 Å². The van der Waals surface area contributed by atoms with Crippen molar-refractivity contribution in [3.05, 3.63) is 126 Å². The molecule has 0 saturated carbocycles. The van der Waals surface area contributed by atoms with Crippen molar-refractivity contribution in [1.82, 2.24) is 0 Å². The summed E-state index contributed by atoms with van der Waals surface area (Å²) in [6.45, 7) is 1.74. The smallest absolute Gasteiger partial charge is 0.358 e. The summed E-state index contributed by atoms with van der Waals surface area (Å²) in [5, 5.41) is 1.30. The van der Waals surface area contributed by atoms with E-state index in [1.54, 1.807) is 97.9 Å². The molecule has 5 rings (SSSR count). The molecule has 0 heterocycles. The van der Waals surface area contributed by atoms with Crippen LogP contribution in [-0.2, 0) is 9.32 Å². The minimum atomic E-state index is -3.85. The van der Waals surface area contributed by atoms with E-state index in [-0.39, 0.29) is 5.78 Å². The van der Waals surface area contributed by atoms with Crippen LogP contribution in [0.1, 0.15) is 34.3 Å². The predicted octanol–water partition coefficient (Wildman–Crippen LogP) is 6.53. The molecule has 5 aromatic carbocycles. The fourth-order valence-corrected chi connectivity index (χ4v) is 10.2. The lowest BCUT2D eigenvalue weighted by atomic mass is 9.96. The Bertz CT molecular complexity index is 1770. The second-order valence-corrected chi connectivity index (χ2v) is 13.8. The Morgan fingerprint density at radius 3 is 1.22 bits per heavy atom. The Balaban J connectivity index is 1.84. The molecule has 0 aliphatic rings. The van der Waals surface area contributed by atoms with Crippen LogP contribution in [0.2, 0.25) is 0 Å². The van der Waals surface area contributed by atoms with Crippen LogP contribution in [0, 0.1) is 0 Å². The van der Waals surface area contributed by atoms with Crippen LogP contribution < -0.4 is 44.3 Å². The lowest BCUT2D eigenvalue weighted by molar-refractivity contribution is -0.135. The maximum atomic E-state index is 14.9. The van der Waals surface area contributed by atoms with E-state index < -0.39 is 19.4 Å². The summed E-state index contributed by atoms with van der Waals surface area (Å²) in [7, 11) is 5.35. The van der Waals surface area contributed by atoms with Crippen molar-refractivity contribution < 1.29 is 42.5 Å². The molecular weight excluding hydrogens is 655 g/mol. The van der Waals surface area contributed by atoms with Crippen molar-refractivity contribution in [2.24, 2.45) is 0 Å². The standard InChI is InChI=1S/C40H40O9P/c1-26(28-17-11-18-29(25-28)36(41)27-15-9-8-10-16-27)40(42)49-50(37-30(43-2)19-12-20-31(37)44-3,38-32(45-4)21-13-22-33(38)46-5)39-34(47-6)23-14-24-35(39)48-7/h8-26H,1-7H3/q+1. The molecule has 0 fully saturated rings. The van der Waals surface area contributed by atoms with Gasteiger partial charge in [0, 0.05) is 11.1 Å². The summed E-state index contributed by atoms with van der Waals surface area (Å²) in [5.74, 6) is 0.694. The van der Waals surface area contributed by atoms with E-state index in [2.05, 4.69) is 0 Å². The first-order chi connectivity index (χ1) is 24.3. The van der Waals surface area contributed by atoms with Crippen molar-refractivity contribution in [2.45, 2.75) is 12.8 Å². The van der Waals surface area contributed by atoms with Crippen LogP contribution in [0.15, 0.2) is 109 Å². The molecular formula is C40H40O9P+. The van der Waals surface area contributed by atoms with Crippen LogP contribution in [0.25, 0.3) is 0 Å². The average Bonchev–Trinajstić information content (AvgIpc) is 3.18. The van der Waals surface area contributed by atoms with Gasteiger partial charge >= 0.3 is 13.5 Å². The molecule has 0 N–H and O–H groups in total. The highest BCUT2D eigenvalue weighted by Gasteiger charge is 2.63. The Labute approximate surface area is 293 Å². The second kappa shape index (κ2) is 15.8. The Morgan fingerprint density at radius 2 is 0.840 bits per heavy atom. The van der Waals surface area contributed by atoms with Gasteiger partial charge in [0.05, 0.1) is 48.6 Å². The van der Waals surface area contributed by atoms with Crippen molar-refractivity contribution in [3.8, 4) is 34.5 Å². The molecule has 50 heavy (non-hydrogen) atoms. The van der Waals surface area contributed by atoms with E-state index in [1.807, 2.05) is 18.2 Å². The molecule has 0 aromatic heterocycles.